The van der Waals surface area contributed by atoms with Crippen LogP contribution < -0.4 is 79.8 Å². The number of nitrogens with zero attached hydrogens (tertiary/aromatic N) is 1. The van der Waals surface area contributed by atoms with Gasteiger partial charge < -0.3 is 123 Å². The molecule has 4 fully saturated rings. The Morgan fingerprint density at radius 1 is 0.414 bits per heavy atom. The third kappa shape index (κ3) is 36.6. The second kappa shape index (κ2) is 57.2. The molecule has 4 aromatic carbocycles. The largest absolute Gasteiger partial charge is 0.480 e. The summed E-state index contributed by atoms with van der Waals surface area (Å²) < 4.78 is 20.4. The van der Waals surface area contributed by atoms with Crippen LogP contribution in [0, 0.1) is 5.92 Å². The van der Waals surface area contributed by atoms with Crippen LogP contribution >= 0.6 is 105 Å². The number of hydrogen-bond acceptors (Lipinski definition) is 26. The van der Waals surface area contributed by atoms with Crippen molar-refractivity contribution in [1.29, 1.82) is 0 Å². The number of benzene rings is 4. The van der Waals surface area contributed by atoms with E-state index in [9.17, 15) is 107 Å². The molecular formula is C94H98Cl8N16O26S. The second-order valence-corrected chi connectivity index (χ2v) is 36.4. The summed E-state index contributed by atoms with van der Waals surface area (Å²) >= 11 is 51.5. The van der Waals surface area contributed by atoms with Crippen molar-refractivity contribution in [1.82, 2.24) is 84.7 Å². The molecule has 20 N–H and O–H groups in total. The van der Waals surface area contributed by atoms with E-state index in [0.29, 0.717) is 82.9 Å². The SMILES string of the molecule is CC(=O)N1CCC[C@@H]1C(=O)NC[C@H](NC(=O)c1c(Cl)cc(CNC(=O)/C=C/c2ccco2)cc1Cl)C(=O)O.C[C@H]1CCN[C@@H]1C(=O)NC[C@H](NC(=O)c1c(Cl)cc(CNC(=O)/C=C/c2ccco2)cc1Cl)C(=O)O.O=C(/C=C/c1ccco1)NCc1cc(Cl)c(C(=O)N[C@@H](CNC(=O)[C@@H]2C[C@@H](O)CN2)C(=O)O)c(Cl)c1.O=C(/C=C/c1ccco1)NCc1cc(Cl)c(C(=O)N[C@@H](CNC(=O)[C@H]2CSCN2)C(=O)O)c(Cl)c1. The molecule has 10 atom stereocenters. The number of furan rings is 4. The molecular weight excluding hydrogens is 2080 g/mol. The predicted molar refractivity (Wildman–Crippen MR) is 534 cm³/mol. The zero-order valence-corrected chi connectivity index (χ0v) is 83.5. The third-order valence-corrected chi connectivity index (χ3v) is 24.8. The summed E-state index contributed by atoms with van der Waals surface area (Å²) in [7, 11) is 0. The van der Waals surface area contributed by atoms with Crippen LogP contribution in [0.1, 0.15) is 126 Å². The Bertz CT molecular complexity index is 6030. The second-order valence-electron chi connectivity index (χ2n) is 32.1. The molecule has 0 radical (unpaired) electrons. The Labute approximate surface area is 870 Å². The number of carboxylic acids is 4. The van der Waals surface area contributed by atoms with E-state index in [0.717, 1.165) is 6.42 Å². The van der Waals surface area contributed by atoms with Crippen LogP contribution in [0.4, 0.5) is 0 Å². The Morgan fingerprint density at radius 2 is 0.717 bits per heavy atom. The molecule has 772 valence electrons. The van der Waals surface area contributed by atoms with E-state index >= 15 is 0 Å². The molecule has 4 saturated heterocycles. The first-order valence-electron chi connectivity index (χ1n) is 44.0. The molecule has 0 saturated carbocycles. The Hall–Kier alpha value is -13.5. The number of hydrogen-bond donors (Lipinski definition) is 20. The number of carbonyl (C=O) groups excluding carboxylic acids is 13. The van der Waals surface area contributed by atoms with Gasteiger partial charge in [-0.1, -0.05) is 99.7 Å². The molecule has 0 unspecified atom stereocenters. The fraction of sp³-hybridized carbons (Fsp3) is 0.309. The maximum absolute atomic E-state index is 12.8. The van der Waals surface area contributed by atoms with Crippen LogP contribution in [0.3, 0.4) is 0 Å². The zero-order chi connectivity index (χ0) is 106. The van der Waals surface area contributed by atoms with Crippen LogP contribution in [-0.4, -0.2) is 243 Å². The molecule has 4 aliphatic heterocycles. The van der Waals surface area contributed by atoms with Gasteiger partial charge in [-0.2, -0.15) is 0 Å². The summed E-state index contributed by atoms with van der Waals surface area (Å²) in [5, 5.41) is 85.9. The van der Waals surface area contributed by atoms with E-state index in [1.165, 1.54) is 134 Å². The number of likely N-dealkylation sites (tertiary alicyclic amines) is 1. The van der Waals surface area contributed by atoms with E-state index in [1.54, 1.807) is 60.3 Å². The van der Waals surface area contributed by atoms with Crippen molar-refractivity contribution in [3.63, 3.8) is 0 Å². The van der Waals surface area contributed by atoms with Gasteiger partial charge in [0.2, 0.25) is 53.2 Å². The summed E-state index contributed by atoms with van der Waals surface area (Å²) in [5.74, 6) is -8.82. The van der Waals surface area contributed by atoms with Crippen molar-refractivity contribution >= 4 is 230 Å². The maximum atomic E-state index is 12.8. The number of aliphatic carboxylic acids is 4. The number of amides is 13. The molecule has 51 heteroatoms. The van der Waals surface area contributed by atoms with Crippen LogP contribution in [0.15, 0.2) is 164 Å². The van der Waals surface area contributed by atoms with Crippen molar-refractivity contribution in [2.45, 2.75) is 120 Å². The Morgan fingerprint density at radius 3 is 0.972 bits per heavy atom. The van der Waals surface area contributed by atoms with E-state index < -0.39 is 132 Å². The summed E-state index contributed by atoms with van der Waals surface area (Å²) in [6, 6.07) is 17.1. The molecule has 12 rings (SSSR count). The molecule has 145 heavy (non-hydrogen) atoms. The highest BCUT2D eigenvalue weighted by atomic mass is 35.5. The van der Waals surface area contributed by atoms with Crippen molar-refractivity contribution < 1.29 is 125 Å². The van der Waals surface area contributed by atoms with E-state index in [2.05, 4.69) is 79.8 Å². The summed E-state index contributed by atoms with van der Waals surface area (Å²) in [6.07, 6.45) is 18.6. The fourth-order valence-electron chi connectivity index (χ4n) is 14.0. The lowest BCUT2D eigenvalue weighted by molar-refractivity contribution is -0.140. The number of rotatable bonds is 40. The van der Waals surface area contributed by atoms with Gasteiger partial charge >= 0.3 is 23.9 Å². The molecule has 42 nitrogen and oxygen atoms in total. The summed E-state index contributed by atoms with van der Waals surface area (Å²) in [6.45, 7) is 3.57. The van der Waals surface area contributed by atoms with Crippen molar-refractivity contribution in [3.05, 3.63) is 254 Å². The maximum Gasteiger partial charge on any atom is 0.328 e. The summed E-state index contributed by atoms with van der Waals surface area (Å²) in [5.41, 5.74) is 1.53. The van der Waals surface area contributed by atoms with E-state index in [-0.39, 0.29) is 157 Å². The number of thioether (sulfide) groups is 1. The highest BCUT2D eigenvalue weighted by Crippen LogP contribution is 2.32. The smallest absolute Gasteiger partial charge is 0.328 e. The van der Waals surface area contributed by atoms with Gasteiger partial charge in [-0.25, -0.2) is 19.2 Å². The van der Waals surface area contributed by atoms with Crippen LogP contribution in [0.2, 0.25) is 40.2 Å². The highest BCUT2D eigenvalue weighted by Gasteiger charge is 2.37. The number of carboxylic acid groups (broad SMARTS) is 4. The first-order valence-corrected chi connectivity index (χ1v) is 48.2. The monoisotopic (exact) mass is 2180 g/mol. The van der Waals surface area contributed by atoms with Crippen LogP contribution in [0.25, 0.3) is 24.3 Å². The third-order valence-electron chi connectivity index (χ3n) is 21.5. The molecule has 13 amide bonds. The first kappa shape index (κ1) is 115. The average molecular weight is 2180 g/mol. The highest BCUT2D eigenvalue weighted by molar-refractivity contribution is 7.99. The summed E-state index contributed by atoms with van der Waals surface area (Å²) in [4.78, 5) is 208. The number of carbonyl (C=O) groups is 17. The first-order chi connectivity index (χ1) is 69.1. The van der Waals surface area contributed by atoms with E-state index in [4.69, 9.17) is 110 Å². The lowest BCUT2D eigenvalue weighted by atomic mass is 10.0. The van der Waals surface area contributed by atoms with Gasteiger partial charge in [0, 0.05) is 108 Å². The zero-order valence-electron chi connectivity index (χ0n) is 76.6. The fourth-order valence-corrected chi connectivity index (χ4v) is 17.8. The van der Waals surface area contributed by atoms with Gasteiger partial charge in [-0.05, 0) is 182 Å². The van der Waals surface area contributed by atoms with Crippen molar-refractivity contribution in [2.75, 3.05) is 57.4 Å². The number of nitrogens with one attached hydrogen (secondary N) is 15. The minimum Gasteiger partial charge on any atom is -0.480 e. The molecule has 8 aromatic rings. The van der Waals surface area contributed by atoms with Gasteiger partial charge in [-0.15, -0.1) is 11.8 Å². The quantitative estimate of drug-likeness (QED) is 0.0168. The topological polar surface area (TPSA) is 628 Å². The number of aliphatic hydroxyl groups is 1. The standard InChI is InChI=1S/C25H26Cl2N4O7.C24H26Cl2N4O6.C23H24Cl2N4O7.C22H22Cl2N4O6S/c1-14(32)31-8-2-5-20(31)23(34)29-13-19(25(36)37)30-24(35)22-17(26)10-15(11-18(22)27)12-28-21(33)7-6-16-4-3-9-38-16;1-13-6-7-27-21(13)23(33)29-12-18(24(34)35)30-22(32)20-16(25)9-14(10-17(20)26)11-28-19(31)5-4-15-3-2-8-36-15;24-15-6-12(9-27-19(31)4-3-14-2-1-5-36-14)7-16(25)20(15)22(33)29-18(23(34)35)11-28-21(32)17-8-13(30)10-26-17;23-14-6-12(8-25-18(29)4-3-13-2-1-5-34-13)7-15(24)19(14)21(31)28-16(22(32)33)9-26-20(30)17-10-35-11-27-17/h3-4,6-7,9-11,19-20H,2,5,8,12-13H2,1H3,(H,28,33)(H,29,34)(H,30,35)(H,36,37);2-5,8-10,13,18,21,27H,6-7,11-12H2,1H3,(H,28,31)(H,29,33)(H,30,32)(H,34,35);1-7,13,17-18,26,30H,8-11H2,(H,27,31)(H,28,32)(H,29,33)(H,34,35);1-7,16-17,27H,8-11H2,(H,25,29)(H,26,30)(H,28,31)(H,32,33)/b7-6+;5-4+;2*4-3+/t19-,20+;13-,18-,21-;13-,17+,18+;16-,17+/m0010/s1. The van der Waals surface area contributed by atoms with Gasteiger partial charge in [-0.3, -0.25) is 67.6 Å². The molecule has 0 aliphatic carbocycles. The van der Waals surface area contributed by atoms with Crippen LogP contribution in [-0.2, 0) is 88.5 Å². The normalized spacial score (nSPS) is 17.0. The number of halogens is 8. The van der Waals surface area contributed by atoms with E-state index in [1.807, 2.05) is 6.92 Å². The minimum atomic E-state index is -1.48. The van der Waals surface area contributed by atoms with Gasteiger partial charge in [0.15, 0.2) is 0 Å². The molecule has 0 spiro atoms. The predicted octanol–water partition coefficient (Wildman–Crippen LogP) is 7.26. The van der Waals surface area contributed by atoms with Gasteiger partial charge in [0.05, 0.1) is 112 Å². The molecule has 4 aromatic heterocycles. The Kier molecular flexibility index (Phi) is 45.4. The van der Waals surface area contributed by atoms with Gasteiger partial charge in [0.25, 0.3) is 23.6 Å². The van der Waals surface area contributed by atoms with Crippen molar-refractivity contribution in [2.24, 2.45) is 5.92 Å². The lowest BCUT2D eigenvalue weighted by Crippen LogP contribution is -2.52. The number of aliphatic hydroxyl groups excluding tert-OH is 1. The average Bonchev–Trinajstić information content (AvgIpc) is 1.61. The molecule has 4 aliphatic rings. The lowest BCUT2D eigenvalue weighted by Gasteiger charge is -2.23. The molecule has 8 heterocycles. The van der Waals surface area contributed by atoms with Gasteiger partial charge in [0.1, 0.15) is 53.3 Å². The number of β-amino-alcohol motifs (C(OH)–C–C–N with tert-alkyl or cyclic N) is 1. The Balaban J connectivity index is 0.000000215. The van der Waals surface area contributed by atoms with Crippen molar-refractivity contribution in [3.8, 4) is 0 Å². The minimum absolute atomic E-state index is 0.0208. The molecule has 0 bridgehead atoms. The van der Waals surface area contributed by atoms with Crippen LogP contribution in [0.5, 0.6) is 0 Å².